The Kier molecular flexibility index (Phi) is 5.27. The van der Waals surface area contributed by atoms with Crippen LogP contribution in [0.1, 0.15) is 19.8 Å². The van der Waals surface area contributed by atoms with E-state index < -0.39 is 12.1 Å². The Labute approximate surface area is 81.4 Å². The van der Waals surface area contributed by atoms with Gasteiger partial charge in [-0.05, 0) is 6.42 Å². The molecule has 14 heavy (non-hydrogen) atoms. The second kappa shape index (κ2) is 5.67. The zero-order valence-corrected chi connectivity index (χ0v) is 8.27. The van der Waals surface area contributed by atoms with E-state index in [1.807, 2.05) is 6.92 Å². The van der Waals surface area contributed by atoms with Gasteiger partial charge in [0.05, 0.1) is 0 Å². The summed E-state index contributed by atoms with van der Waals surface area (Å²) in [5.74, 6) is -1.81. The lowest BCUT2D eigenvalue weighted by molar-refractivity contribution is -0.183. The van der Waals surface area contributed by atoms with Gasteiger partial charge in [-0.1, -0.05) is 25.5 Å². The van der Waals surface area contributed by atoms with Crippen LogP contribution in [-0.2, 0) is 4.79 Å². The minimum Gasteiger partial charge on any atom is -0.334 e. The molecule has 0 aliphatic carbocycles. The summed E-state index contributed by atoms with van der Waals surface area (Å²) in [6.45, 7) is 1.97. The van der Waals surface area contributed by atoms with Crippen molar-refractivity contribution >= 4 is 5.91 Å². The van der Waals surface area contributed by atoms with Crippen molar-refractivity contribution in [2.45, 2.75) is 25.9 Å². The third kappa shape index (κ3) is 4.89. The Morgan fingerprint density at radius 3 is 2.36 bits per heavy atom. The van der Waals surface area contributed by atoms with E-state index in [1.54, 1.807) is 12.2 Å². The molecule has 0 aromatic rings. The van der Waals surface area contributed by atoms with Gasteiger partial charge in [-0.15, -0.1) is 0 Å². The maximum absolute atomic E-state index is 11.9. The highest BCUT2D eigenvalue weighted by atomic mass is 19.4. The van der Waals surface area contributed by atoms with Gasteiger partial charge in [-0.25, -0.2) is 0 Å². The molecule has 0 atom stereocenters. The number of unbranched alkanes of at least 4 members (excludes halogenated alkanes) is 1. The van der Waals surface area contributed by atoms with Crippen molar-refractivity contribution < 1.29 is 18.0 Å². The molecule has 0 saturated heterocycles. The minimum absolute atomic E-state index is 0.00164. The van der Waals surface area contributed by atoms with Gasteiger partial charge >= 0.3 is 12.1 Å². The maximum Gasteiger partial charge on any atom is 0.471 e. The molecule has 5 heteroatoms. The smallest absolute Gasteiger partial charge is 0.334 e. The third-order valence-electron chi connectivity index (χ3n) is 1.59. The summed E-state index contributed by atoms with van der Waals surface area (Å²) < 4.78 is 35.6. The van der Waals surface area contributed by atoms with Gasteiger partial charge < -0.3 is 4.90 Å². The fraction of sp³-hybridized carbons (Fsp3) is 0.667. The molecule has 0 aliphatic heterocycles. The van der Waals surface area contributed by atoms with Crippen LogP contribution in [0.2, 0.25) is 0 Å². The molecule has 0 aromatic carbocycles. The molecule has 0 fully saturated rings. The second-order valence-electron chi connectivity index (χ2n) is 2.94. The minimum atomic E-state index is -4.77. The van der Waals surface area contributed by atoms with E-state index in [2.05, 4.69) is 0 Å². The highest BCUT2D eigenvalue weighted by molar-refractivity contribution is 5.81. The standard InChI is InChI=1S/C9H14F3NO/c1-3-4-5-6-7-13(2)8(14)9(10,11)12/h5-6H,3-4,7H2,1-2H3/b6-5-. The van der Waals surface area contributed by atoms with Crippen LogP contribution in [0.25, 0.3) is 0 Å². The van der Waals surface area contributed by atoms with Crippen molar-refractivity contribution in [2.24, 2.45) is 0 Å². The van der Waals surface area contributed by atoms with E-state index in [4.69, 9.17) is 0 Å². The van der Waals surface area contributed by atoms with Gasteiger partial charge in [-0.2, -0.15) is 13.2 Å². The molecule has 0 rings (SSSR count). The van der Waals surface area contributed by atoms with Gasteiger partial charge in [0.25, 0.3) is 0 Å². The fourth-order valence-corrected chi connectivity index (χ4v) is 0.816. The molecule has 2 nitrogen and oxygen atoms in total. The third-order valence-corrected chi connectivity index (χ3v) is 1.59. The molecule has 0 N–H and O–H groups in total. The summed E-state index contributed by atoms with van der Waals surface area (Å²) in [6.07, 6.45) is 0.308. The SMILES string of the molecule is CCC/C=C\CN(C)C(=O)C(F)(F)F. The summed E-state index contributed by atoms with van der Waals surface area (Å²) in [5, 5.41) is 0. The monoisotopic (exact) mass is 209 g/mol. The highest BCUT2D eigenvalue weighted by Gasteiger charge is 2.40. The van der Waals surface area contributed by atoms with E-state index in [0.717, 1.165) is 19.9 Å². The van der Waals surface area contributed by atoms with Crippen LogP contribution in [0.15, 0.2) is 12.2 Å². The number of alkyl halides is 3. The lowest BCUT2D eigenvalue weighted by atomic mass is 10.3. The predicted molar refractivity (Wildman–Crippen MR) is 47.7 cm³/mol. The van der Waals surface area contributed by atoms with Gasteiger partial charge in [0, 0.05) is 13.6 Å². The number of carbonyl (C=O) groups is 1. The molecule has 0 bridgehead atoms. The number of hydrogen-bond donors (Lipinski definition) is 0. The normalized spacial score (nSPS) is 12.1. The number of carbonyl (C=O) groups excluding carboxylic acids is 1. The van der Waals surface area contributed by atoms with Crippen LogP contribution in [0.5, 0.6) is 0 Å². The van der Waals surface area contributed by atoms with Gasteiger partial charge in [0.15, 0.2) is 0 Å². The van der Waals surface area contributed by atoms with Crippen LogP contribution < -0.4 is 0 Å². The van der Waals surface area contributed by atoms with Crippen LogP contribution in [0.4, 0.5) is 13.2 Å². The molecule has 0 radical (unpaired) electrons. The molecule has 0 saturated carbocycles. The number of allylic oxidation sites excluding steroid dienone is 1. The first kappa shape index (κ1) is 13.0. The van der Waals surface area contributed by atoms with Crippen molar-refractivity contribution in [1.82, 2.24) is 4.90 Å². The molecule has 0 spiro atoms. The molecule has 82 valence electrons. The van der Waals surface area contributed by atoms with Crippen LogP contribution in [-0.4, -0.2) is 30.6 Å². The first-order valence-electron chi connectivity index (χ1n) is 4.37. The molecule has 0 aliphatic rings. The number of hydrogen-bond acceptors (Lipinski definition) is 1. The Hall–Kier alpha value is -1.00. The first-order chi connectivity index (χ1) is 6.39. The molecule has 0 unspecified atom stereocenters. The highest BCUT2D eigenvalue weighted by Crippen LogP contribution is 2.17. The summed E-state index contributed by atoms with van der Waals surface area (Å²) in [5.41, 5.74) is 0. The zero-order valence-electron chi connectivity index (χ0n) is 8.27. The average Bonchev–Trinajstić information content (AvgIpc) is 2.09. The zero-order chi connectivity index (χ0) is 11.2. The summed E-state index contributed by atoms with van der Waals surface area (Å²) >= 11 is 0. The average molecular weight is 209 g/mol. The van der Waals surface area contributed by atoms with Crippen molar-refractivity contribution in [3.63, 3.8) is 0 Å². The summed E-state index contributed by atoms with van der Waals surface area (Å²) in [4.78, 5) is 11.2. The van der Waals surface area contributed by atoms with Gasteiger partial charge in [-0.3, -0.25) is 4.79 Å². The second-order valence-corrected chi connectivity index (χ2v) is 2.94. The van der Waals surface area contributed by atoms with E-state index in [9.17, 15) is 18.0 Å². The van der Waals surface area contributed by atoms with Crippen LogP contribution >= 0.6 is 0 Å². The van der Waals surface area contributed by atoms with E-state index >= 15 is 0 Å². The number of halogens is 3. The van der Waals surface area contributed by atoms with Crippen molar-refractivity contribution in [3.05, 3.63) is 12.2 Å². The number of rotatable bonds is 4. The van der Waals surface area contributed by atoms with Crippen molar-refractivity contribution in [3.8, 4) is 0 Å². The first-order valence-corrected chi connectivity index (χ1v) is 4.37. The summed E-state index contributed by atoms with van der Waals surface area (Å²) in [6, 6.07) is 0. The van der Waals surface area contributed by atoms with E-state index in [0.29, 0.717) is 4.90 Å². The Bertz CT molecular complexity index is 211. The topological polar surface area (TPSA) is 20.3 Å². The van der Waals surface area contributed by atoms with Crippen LogP contribution in [0, 0.1) is 0 Å². The van der Waals surface area contributed by atoms with Crippen molar-refractivity contribution in [2.75, 3.05) is 13.6 Å². The number of nitrogens with zero attached hydrogens (tertiary/aromatic N) is 1. The van der Waals surface area contributed by atoms with Gasteiger partial charge in [0.1, 0.15) is 0 Å². The largest absolute Gasteiger partial charge is 0.471 e. The Morgan fingerprint density at radius 2 is 1.93 bits per heavy atom. The van der Waals surface area contributed by atoms with Crippen molar-refractivity contribution in [1.29, 1.82) is 0 Å². The number of amides is 1. The maximum atomic E-state index is 11.9. The fourth-order valence-electron chi connectivity index (χ4n) is 0.816. The Balaban J connectivity index is 3.97. The van der Waals surface area contributed by atoms with E-state index in [-0.39, 0.29) is 6.54 Å². The number of likely N-dealkylation sites (N-methyl/N-ethyl adjacent to an activating group) is 1. The lowest BCUT2D eigenvalue weighted by Crippen LogP contribution is -2.38. The molecule has 0 aromatic heterocycles. The molecular formula is C9H14F3NO. The molecular weight excluding hydrogens is 195 g/mol. The predicted octanol–water partition coefficient (Wildman–Crippen LogP) is 2.36. The van der Waals surface area contributed by atoms with Crippen LogP contribution in [0.3, 0.4) is 0 Å². The molecule has 1 amide bonds. The Morgan fingerprint density at radius 1 is 1.36 bits per heavy atom. The van der Waals surface area contributed by atoms with E-state index in [1.165, 1.54) is 0 Å². The quantitative estimate of drug-likeness (QED) is 0.651. The lowest BCUT2D eigenvalue weighted by Gasteiger charge is -2.16. The summed E-state index contributed by atoms with van der Waals surface area (Å²) in [7, 11) is 1.13. The van der Waals surface area contributed by atoms with Gasteiger partial charge in [0.2, 0.25) is 0 Å². The molecule has 0 heterocycles.